The summed E-state index contributed by atoms with van der Waals surface area (Å²) in [5, 5.41) is 9.05. The lowest BCUT2D eigenvalue weighted by Crippen LogP contribution is -2.49. The molecule has 154 valence electrons. The Kier molecular flexibility index (Phi) is 5.41. The van der Waals surface area contributed by atoms with E-state index in [0.717, 1.165) is 34.4 Å². The Labute approximate surface area is 178 Å². The van der Waals surface area contributed by atoms with Crippen molar-refractivity contribution >= 4 is 49.1 Å². The van der Waals surface area contributed by atoms with Crippen molar-refractivity contribution in [3.8, 4) is 5.69 Å². The number of hydrogen-bond donors (Lipinski definition) is 1. The zero-order valence-electron chi connectivity index (χ0n) is 16.1. The first-order valence-electron chi connectivity index (χ1n) is 9.24. The van der Waals surface area contributed by atoms with E-state index in [2.05, 4.69) is 10.4 Å². The highest BCUT2D eigenvalue weighted by Gasteiger charge is 2.28. The highest BCUT2D eigenvalue weighted by molar-refractivity contribution is 7.88. The number of benzene rings is 1. The predicted molar refractivity (Wildman–Crippen MR) is 116 cm³/mol. The molecular formula is C19H21ClN4O3S2. The van der Waals surface area contributed by atoms with Gasteiger partial charge in [-0.1, -0.05) is 23.7 Å². The molecule has 0 bridgehead atoms. The standard InChI is InChI=1S/C19H21ClN4O3S2/c1-12-14-10-17(18(25)21-13-6-5-9-23(11-13)29(2,26)27)28-19(14)24(22-12)16-8-4-3-7-15(16)20/h3-4,7-8,10,13H,5-6,9,11H2,1-2H3,(H,21,25). The third kappa shape index (κ3) is 4.05. The third-order valence-corrected chi connectivity index (χ3v) is 7.74. The Morgan fingerprint density at radius 2 is 2.10 bits per heavy atom. The van der Waals surface area contributed by atoms with Crippen molar-refractivity contribution in [1.29, 1.82) is 0 Å². The molecule has 0 radical (unpaired) electrons. The summed E-state index contributed by atoms with van der Waals surface area (Å²) in [7, 11) is -3.26. The first kappa shape index (κ1) is 20.3. The van der Waals surface area contributed by atoms with Gasteiger partial charge in [-0.15, -0.1) is 11.3 Å². The van der Waals surface area contributed by atoms with Crippen molar-refractivity contribution in [3.63, 3.8) is 0 Å². The van der Waals surface area contributed by atoms with Crippen LogP contribution >= 0.6 is 22.9 Å². The van der Waals surface area contributed by atoms with Crippen LogP contribution in [0.4, 0.5) is 0 Å². The second-order valence-electron chi connectivity index (χ2n) is 7.21. The third-order valence-electron chi connectivity index (χ3n) is 5.04. The quantitative estimate of drug-likeness (QED) is 0.658. The average Bonchev–Trinajstić information content (AvgIpc) is 3.23. The van der Waals surface area contributed by atoms with Crippen LogP contribution in [0.5, 0.6) is 0 Å². The van der Waals surface area contributed by atoms with Gasteiger partial charge in [-0.05, 0) is 38.0 Å². The van der Waals surface area contributed by atoms with Crippen molar-refractivity contribution in [2.75, 3.05) is 19.3 Å². The van der Waals surface area contributed by atoms with Crippen LogP contribution in [-0.2, 0) is 10.0 Å². The summed E-state index contributed by atoms with van der Waals surface area (Å²) >= 11 is 7.68. The summed E-state index contributed by atoms with van der Waals surface area (Å²) in [6, 6.07) is 9.07. The molecule has 3 heterocycles. The number of hydrogen-bond acceptors (Lipinski definition) is 5. The van der Waals surface area contributed by atoms with Gasteiger partial charge >= 0.3 is 0 Å². The minimum Gasteiger partial charge on any atom is -0.347 e. The number of aryl methyl sites for hydroxylation is 1. The maximum absolute atomic E-state index is 12.8. The number of nitrogens with one attached hydrogen (secondary N) is 1. The van der Waals surface area contributed by atoms with E-state index in [-0.39, 0.29) is 11.9 Å². The minimum atomic E-state index is -3.26. The molecule has 2 aromatic heterocycles. The number of carbonyl (C=O) groups excluding carboxylic acids is 1. The van der Waals surface area contributed by atoms with Crippen molar-refractivity contribution < 1.29 is 13.2 Å². The molecule has 0 saturated carbocycles. The minimum absolute atomic E-state index is 0.197. The molecule has 1 aliphatic rings. The highest BCUT2D eigenvalue weighted by atomic mass is 35.5. The van der Waals surface area contributed by atoms with Gasteiger partial charge in [-0.25, -0.2) is 17.4 Å². The zero-order valence-corrected chi connectivity index (χ0v) is 18.4. The lowest BCUT2D eigenvalue weighted by atomic mass is 10.1. The number of amides is 1. The Morgan fingerprint density at radius 1 is 1.34 bits per heavy atom. The normalized spacial score (nSPS) is 18.2. The van der Waals surface area contributed by atoms with E-state index in [9.17, 15) is 13.2 Å². The van der Waals surface area contributed by atoms with Crippen LogP contribution in [0.1, 0.15) is 28.2 Å². The number of thiophene rings is 1. The van der Waals surface area contributed by atoms with Gasteiger partial charge in [0.25, 0.3) is 5.91 Å². The highest BCUT2D eigenvalue weighted by Crippen LogP contribution is 2.32. The molecule has 1 amide bonds. The van der Waals surface area contributed by atoms with Gasteiger partial charge in [0.15, 0.2) is 0 Å². The van der Waals surface area contributed by atoms with Crippen LogP contribution in [-0.4, -0.2) is 53.8 Å². The lowest BCUT2D eigenvalue weighted by Gasteiger charge is -2.31. The summed E-state index contributed by atoms with van der Waals surface area (Å²) in [6.45, 7) is 2.71. The van der Waals surface area contributed by atoms with Crippen LogP contribution in [0.15, 0.2) is 30.3 Å². The summed E-state index contributed by atoms with van der Waals surface area (Å²) in [5.41, 5.74) is 1.58. The Bertz CT molecular complexity index is 1190. The van der Waals surface area contributed by atoms with Gasteiger partial charge in [0.2, 0.25) is 10.0 Å². The van der Waals surface area contributed by atoms with E-state index in [1.165, 1.54) is 21.9 Å². The van der Waals surface area contributed by atoms with Crippen LogP contribution < -0.4 is 5.32 Å². The first-order valence-corrected chi connectivity index (χ1v) is 12.3. The van der Waals surface area contributed by atoms with Crippen LogP contribution in [0.25, 0.3) is 15.9 Å². The molecule has 4 rings (SSSR count). The number of nitrogens with zero attached hydrogens (tertiary/aromatic N) is 3. The number of fused-ring (bicyclic) bond motifs is 1. The first-order chi connectivity index (χ1) is 13.7. The molecule has 29 heavy (non-hydrogen) atoms. The van der Waals surface area contributed by atoms with Crippen molar-refractivity contribution in [2.45, 2.75) is 25.8 Å². The molecule has 0 spiro atoms. The lowest BCUT2D eigenvalue weighted by molar-refractivity contribution is 0.0925. The van der Waals surface area contributed by atoms with Crippen molar-refractivity contribution in [2.24, 2.45) is 0 Å². The van der Waals surface area contributed by atoms with E-state index in [0.29, 0.717) is 23.0 Å². The van der Waals surface area contributed by atoms with E-state index in [4.69, 9.17) is 11.6 Å². The maximum Gasteiger partial charge on any atom is 0.261 e. The SMILES string of the molecule is Cc1nn(-c2ccccc2Cl)c2sc(C(=O)NC3CCCN(S(C)(=O)=O)C3)cc12. The molecular weight excluding hydrogens is 432 g/mol. The molecule has 1 aromatic carbocycles. The van der Waals surface area contributed by atoms with E-state index < -0.39 is 10.0 Å². The molecule has 1 N–H and O–H groups in total. The largest absolute Gasteiger partial charge is 0.347 e. The number of para-hydroxylation sites is 1. The summed E-state index contributed by atoms with van der Waals surface area (Å²) in [5.74, 6) is -0.198. The predicted octanol–water partition coefficient (Wildman–Crippen LogP) is 3.20. The second kappa shape index (κ2) is 7.71. The number of piperidine rings is 1. The fraction of sp³-hybridized carbons (Fsp3) is 0.368. The molecule has 0 aliphatic carbocycles. The van der Waals surface area contributed by atoms with Gasteiger partial charge in [-0.3, -0.25) is 4.79 Å². The summed E-state index contributed by atoms with van der Waals surface area (Å²) < 4.78 is 26.8. The summed E-state index contributed by atoms with van der Waals surface area (Å²) in [6.07, 6.45) is 2.69. The fourth-order valence-corrected chi connectivity index (χ4v) is 5.77. The van der Waals surface area contributed by atoms with Gasteiger partial charge < -0.3 is 5.32 Å². The smallest absolute Gasteiger partial charge is 0.261 e. The number of carbonyl (C=O) groups is 1. The number of sulfonamides is 1. The van der Waals surface area contributed by atoms with Gasteiger partial charge in [-0.2, -0.15) is 5.10 Å². The average molecular weight is 453 g/mol. The topological polar surface area (TPSA) is 84.3 Å². The monoisotopic (exact) mass is 452 g/mol. The van der Waals surface area contributed by atoms with Crippen molar-refractivity contribution in [3.05, 3.63) is 45.9 Å². The van der Waals surface area contributed by atoms with Crippen LogP contribution in [0.2, 0.25) is 5.02 Å². The number of rotatable bonds is 4. The van der Waals surface area contributed by atoms with Crippen molar-refractivity contribution in [1.82, 2.24) is 19.4 Å². The molecule has 1 unspecified atom stereocenters. The van der Waals surface area contributed by atoms with Gasteiger partial charge in [0.05, 0.1) is 27.5 Å². The Balaban J connectivity index is 1.59. The van der Waals surface area contributed by atoms with Crippen LogP contribution in [0, 0.1) is 6.92 Å². The van der Waals surface area contributed by atoms with E-state index in [1.807, 2.05) is 31.2 Å². The Hall–Kier alpha value is -1.94. The number of halogens is 1. The van der Waals surface area contributed by atoms with E-state index >= 15 is 0 Å². The van der Waals surface area contributed by atoms with Crippen LogP contribution in [0.3, 0.4) is 0 Å². The van der Waals surface area contributed by atoms with Gasteiger partial charge in [0, 0.05) is 24.5 Å². The molecule has 7 nitrogen and oxygen atoms in total. The Morgan fingerprint density at radius 3 is 2.83 bits per heavy atom. The molecule has 1 atom stereocenters. The number of aromatic nitrogens is 2. The maximum atomic E-state index is 12.8. The molecule has 1 saturated heterocycles. The summed E-state index contributed by atoms with van der Waals surface area (Å²) in [4.78, 5) is 14.3. The molecule has 10 heteroatoms. The fourth-order valence-electron chi connectivity index (χ4n) is 3.56. The van der Waals surface area contributed by atoms with E-state index in [1.54, 1.807) is 10.7 Å². The molecule has 1 aliphatic heterocycles. The molecule has 1 fully saturated rings. The van der Waals surface area contributed by atoms with Gasteiger partial charge in [0.1, 0.15) is 4.83 Å². The second-order valence-corrected chi connectivity index (χ2v) is 10.6. The zero-order chi connectivity index (χ0) is 20.8. The molecule has 3 aromatic rings.